The van der Waals surface area contributed by atoms with Crippen LogP contribution in [-0.2, 0) is 32.2 Å². The van der Waals surface area contributed by atoms with Crippen LogP contribution < -0.4 is 0 Å². The molecule has 1 fully saturated rings. The van der Waals surface area contributed by atoms with Gasteiger partial charge in [0.1, 0.15) is 11.7 Å². The highest BCUT2D eigenvalue weighted by Crippen LogP contribution is 2.34. The zero-order valence-corrected chi connectivity index (χ0v) is 17.1. The average molecular weight is 414 g/mol. The van der Waals surface area contributed by atoms with Gasteiger partial charge >= 0.3 is 0 Å². The Morgan fingerprint density at radius 3 is 2.00 bits per heavy atom. The van der Waals surface area contributed by atoms with E-state index < -0.39 is 24.1 Å². The first-order valence-electron chi connectivity index (χ1n) is 10.1. The molecule has 1 unspecified atom stereocenters. The summed E-state index contributed by atoms with van der Waals surface area (Å²) in [5.41, 5.74) is 0.871. The number of hydrogen-bond donors (Lipinski definition) is 2. The van der Waals surface area contributed by atoms with Crippen molar-refractivity contribution in [2.75, 3.05) is 19.8 Å². The van der Waals surface area contributed by atoms with Crippen LogP contribution in [0.15, 0.2) is 73.3 Å². The van der Waals surface area contributed by atoms with E-state index in [2.05, 4.69) is 6.58 Å². The van der Waals surface area contributed by atoms with Gasteiger partial charge in [0.15, 0.2) is 6.29 Å². The highest BCUT2D eigenvalue weighted by molar-refractivity contribution is 5.14. The predicted molar refractivity (Wildman–Crippen MR) is 113 cm³/mol. The maximum absolute atomic E-state index is 9.92. The molecule has 3 rings (SSSR count). The van der Waals surface area contributed by atoms with Crippen LogP contribution in [0.2, 0.25) is 0 Å². The molecule has 1 heterocycles. The van der Waals surface area contributed by atoms with Crippen molar-refractivity contribution in [1.82, 2.24) is 0 Å². The first-order chi connectivity index (χ1) is 14.7. The first kappa shape index (κ1) is 22.6. The molecule has 2 N–H and O–H groups in total. The lowest BCUT2D eigenvalue weighted by Crippen LogP contribution is -2.60. The molecule has 1 saturated heterocycles. The fourth-order valence-corrected chi connectivity index (χ4v) is 3.45. The van der Waals surface area contributed by atoms with Crippen LogP contribution in [0, 0.1) is 0 Å². The lowest BCUT2D eigenvalue weighted by atomic mass is 9.90. The summed E-state index contributed by atoms with van der Waals surface area (Å²) < 4.78 is 24.2. The molecule has 30 heavy (non-hydrogen) atoms. The highest BCUT2D eigenvalue weighted by atomic mass is 16.7. The van der Waals surface area contributed by atoms with Crippen molar-refractivity contribution in [3.63, 3.8) is 0 Å². The third-order valence-corrected chi connectivity index (χ3v) is 5.12. The molecule has 0 amide bonds. The number of aliphatic hydroxyl groups excluding tert-OH is 2. The standard InChI is InChI=1S/C24H30O6/c1-2-13-27-23-22(29-16-20-11-7-4-8-12-20)21(14-24(17-25,18-26)30-23)28-15-19-9-5-3-6-10-19/h2-12,21-23,25-26H,1,13-18H2/t21-,22+,23?/m0/s1. The summed E-state index contributed by atoms with van der Waals surface area (Å²) in [4.78, 5) is 0. The fraction of sp³-hybridized carbons (Fsp3) is 0.417. The van der Waals surface area contributed by atoms with E-state index in [1.54, 1.807) is 6.08 Å². The van der Waals surface area contributed by atoms with E-state index >= 15 is 0 Å². The van der Waals surface area contributed by atoms with Crippen molar-refractivity contribution < 1.29 is 29.2 Å². The lowest BCUT2D eigenvalue weighted by molar-refractivity contribution is -0.324. The molecule has 0 aliphatic carbocycles. The molecule has 162 valence electrons. The molecule has 0 spiro atoms. The van der Waals surface area contributed by atoms with Gasteiger partial charge in [0.25, 0.3) is 0 Å². The maximum atomic E-state index is 9.92. The molecule has 6 nitrogen and oxygen atoms in total. The van der Waals surface area contributed by atoms with Crippen LogP contribution in [0.4, 0.5) is 0 Å². The van der Waals surface area contributed by atoms with Crippen molar-refractivity contribution in [3.8, 4) is 0 Å². The number of rotatable bonds is 11. The van der Waals surface area contributed by atoms with Gasteiger partial charge in [0.2, 0.25) is 0 Å². The molecule has 2 aromatic rings. The second-order valence-corrected chi connectivity index (χ2v) is 7.41. The predicted octanol–water partition coefficient (Wildman–Crippen LogP) is 2.83. The minimum absolute atomic E-state index is 0.244. The Bertz CT molecular complexity index is 747. The van der Waals surface area contributed by atoms with Crippen molar-refractivity contribution in [3.05, 3.63) is 84.4 Å². The van der Waals surface area contributed by atoms with Gasteiger partial charge in [-0.2, -0.15) is 0 Å². The van der Waals surface area contributed by atoms with Gasteiger partial charge in [-0.25, -0.2) is 0 Å². The molecule has 1 aliphatic heterocycles. The molecule has 6 heteroatoms. The smallest absolute Gasteiger partial charge is 0.187 e. The van der Waals surface area contributed by atoms with Crippen LogP contribution in [0.3, 0.4) is 0 Å². The van der Waals surface area contributed by atoms with Gasteiger partial charge in [-0.1, -0.05) is 66.7 Å². The normalized spacial score (nSPS) is 23.2. The zero-order chi connectivity index (χ0) is 21.2. The van der Waals surface area contributed by atoms with Gasteiger partial charge in [-0.3, -0.25) is 0 Å². The Hall–Kier alpha value is -2.06. The van der Waals surface area contributed by atoms with E-state index in [1.807, 2.05) is 60.7 Å². The van der Waals surface area contributed by atoms with Crippen LogP contribution in [0.1, 0.15) is 17.5 Å². The fourth-order valence-electron chi connectivity index (χ4n) is 3.45. The number of benzene rings is 2. The molecule has 2 aromatic carbocycles. The van der Waals surface area contributed by atoms with E-state index in [1.165, 1.54) is 0 Å². The Morgan fingerprint density at radius 2 is 1.47 bits per heavy atom. The minimum Gasteiger partial charge on any atom is -0.393 e. The summed E-state index contributed by atoms with van der Waals surface area (Å²) in [7, 11) is 0. The third kappa shape index (κ3) is 5.98. The monoisotopic (exact) mass is 414 g/mol. The average Bonchev–Trinajstić information content (AvgIpc) is 2.81. The number of ether oxygens (including phenoxy) is 4. The van der Waals surface area contributed by atoms with Crippen LogP contribution >= 0.6 is 0 Å². The van der Waals surface area contributed by atoms with Crippen LogP contribution in [0.5, 0.6) is 0 Å². The molecule has 0 bridgehead atoms. The SMILES string of the molecule is C=CCOC1OC(CO)(CO)C[C@H](OCc2ccccc2)[C@H]1OCc1ccccc1. The van der Waals surface area contributed by atoms with Crippen LogP contribution in [-0.4, -0.2) is 54.1 Å². The van der Waals surface area contributed by atoms with E-state index in [0.29, 0.717) is 13.2 Å². The van der Waals surface area contributed by atoms with Gasteiger partial charge in [-0.05, 0) is 11.1 Å². The maximum Gasteiger partial charge on any atom is 0.187 e. The van der Waals surface area contributed by atoms with Gasteiger partial charge in [0, 0.05) is 6.42 Å². The summed E-state index contributed by atoms with van der Waals surface area (Å²) in [6, 6.07) is 19.6. The summed E-state index contributed by atoms with van der Waals surface area (Å²) in [5, 5.41) is 19.8. The van der Waals surface area contributed by atoms with Crippen molar-refractivity contribution in [2.24, 2.45) is 0 Å². The molecule has 0 radical (unpaired) electrons. The molecular formula is C24H30O6. The van der Waals surface area contributed by atoms with Crippen molar-refractivity contribution in [2.45, 2.75) is 43.7 Å². The second-order valence-electron chi connectivity index (χ2n) is 7.41. The minimum atomic E-state index is -1.17. The molecule has 0 saturated carbocycles. The van der Waals surface area contributed by atoms with E-state index in [-0.39, 0.29) is 26.2 Å². The topological polar surface area (TPSA) is 77.4 Å². The Balaban J connectivity index is 1.79. The third-order valence-electron chi connectivity index (χ3n) is 5.12. The first-order valence-corrected chi connectivity index (χ1v) is 10.1. The Morgan fingerprint density at radius 1 is 0.900 bits per heavy atom. The van der Waals surface area contributed by atoms with Gasteiger partial charge < -0.3 is 29.2 Å². The van der Waals surface area contributed by atoms with Crippen LogP contribution in [0.25, 0.3) is 0 Å². The van der Waals surface area contributed by atoms with Crippen molar-refractivity contribution in [1.29, 1.82) is 0 Å². The summed E-state index contributed by atoms with van der Waals surface area (Å²) in [6.07, 6.45) is 0.0868. The molecule has 3 atom stereocenters. The van der Waals surface area contributed by atoms with Gasteiger partial charge in [0.05, 0.1) is 39.1 Å². The quantitative estimate of drug-likeness (QED) is 0.551. The van der Waals surface area contributed by atoms with E-state index in [0.717, 1.165) is 11.1 Å². The van der Waals surface area contributed by atoms with Gasteiger partial charge in [-0.15, -0.1) is 6.58 Å². The molecular weight excluding hydrogens is 384 g/mol. The number of aliphatic hydroxyl groups is 2. The summed E-state index contributed by atoms with van der Waals surface area (Å²) >= 11 is 0. The lowest BCUT2D eigenvalue weighted by Gasteiger charge is -2.46. The molecule has 0 aromatic heterocycles. The van der Waals surface area contributed by atoms with Crippen molar-refractivity contribution >= 4 is 0 Å². The molecule has 1 aliphatic rings. The summed E-state index contributed by atoms with van der Waals surface area (Å²) in [6.45, 7) is 3.96. The Kier molecular flexibility index (Phi) is 8.57. The summed E-state index contributed by atoms with van der Waals surface area (Å²) in [5.74, 6) is 0. The zero-order valence-electron chi connectivity index (χ0n) is 17.1. The van der Waals surface area contributed by atoms with E-state index in [4.69, 9.17) is 18.9 Å². The highest BCUT2D eigenvalue weighted by Gasteiger charge is 2.48. The number of hydrogen-bond acceptors (Lipinski definition) is 6. The van der Waals surface area contributed by atoms with E-state index in [9.17, 15) is 10.2 Å². The Labute approximate surface area is 177 Å². The largest absolute Gasteiger partial charge is 0.393 e. The second kappa shape index (κ2) is 11.4.